The zero-order valence-electron chi connectivity index (χ0n) is 17.9. The molecule has 0 saturated heterocycles. The van der Waals surface area contributed by atoms with E-state index in [9.17, 15) is 14.4 Å². The standard InChI is InChI=1S/C26H20ClNO5/c1-15-12-24(29)33-23-14-19(9-10-20(15)23)32-16(2)26(31)28-22-11-8-18(27)13-21(22)25(30)17-6-4-3-5-7-17/h3-14,16H,1-2H3,(H,28,31)/t16-/m1/s1. The molecule has 3 aromatic carbocycles. The van der Waals surface area contributed by atoms with E-state index in [-0.39, 0.29) is 11.3 Å². The minimum absolute atomic E-state index is 0.262. The Balaban J connectivity index is 1.54. The lowest BCUT2D eigenvalue weighted by Crippen LogP contribution is -2.30. The van der Waals surface area contributed by atoms with Crippen LogP contribution in [-0.2, 0) is 4.79 Å². The third-order valence-corrected chi connectivity index (χ3v) is 5.36. The summed E-state index contributed by atoms with van der Waals surface area (Å²) < 4.78 is 11.0. The van der Waals surface area contributed by atoms with E-state index in [1.54, 1.807) is 61.5 Å². The topological polar surface area (TPSA) is 85.6 Å². The quantitative estimate of drug-likeness (QED) is 0.307. The molecule has 1 atom stereocenters. The highest BCUT2D eigenvalue weighted by Crippen LogP contribution is 2.26. The van der Waals surface area contributed by atoms with Gasteiger partial charge in [0.1, 0.15) is 11.3 Å². The fourth-order valence-corrected chi connectivity index (χ4v) is 3.60. The largest absolute Gasteiger partial charge is 0.481 e. The van der Waals surface area contributed by atoms with Gasteiger partial charge in [0.25, 0.3) is 5.91 Å². The second kappa shape index (κ2) is 9.30. The first-order valence-electron chi connectivity index (χ1n) is 10.2. The number of ether oxygens (including phenoxy) is 1. The van der Waals surface area contributed by atoms with Gasteiger partial charge in [-0.15, -0.1) is 0 Å². The van der Waals surface area contributed by atoms with Gasteiger partial charge in [-0.2, -0.15) is 0 Å². The summed E-state index contributed by atoms with van der Waals surface area (Å²) in [6.45, 7) is 3.40. The Morgan fingerprint density at radius 1 is 1.00 bits per heavy atom. The number of halogens is 1. The van der Waals surface area contributed by atoms with Crippen molar-refractivity contribution in [3.63, 3.8) is 0 Å². The molecule has 7 heteroatoms. The van der Waals surface area contributed by atoms with E-state index in [0.717, 1.165) is 10.9 Å². The summed E-state index contributed by atoms with van der Waals surface area (Å²) in [5.74, 6) is -0.345. The SMILES string of the molecule is Cc1cc(=O)oc2cc(O[C@H](C)C(=O)Nc3ccc(Cl)cc3C(=O)c3ccccc3)ccc12. The molecule has 1 heterocycles. The summed E-state index contributed by atoms with van der Waals surface area (Å²) in [6.07, 6.45) is -0.894. The van der Waals surface area contributed by atoms with Crippen molar-refractivity contribution in [2.24, 2.45) is 0 Å². The third kappa shape index (κ3) is 4.96. The summed E-state index contributed by atoms with van der Waals surface area (Å²) in [6, 6.07) is 19.9. The van der Waals surface area contributed by atoms with Gasteiger partial charge >= 0.3 is 5.63 Å². The second-order valence-corrected chi connectivity index (χ2v) is 7.98. The number of hydrogen-bond donors (Lipinski definition) is 1. The Hall–Kier alpha value is -3.90. The highest BCUT2D eigenvalue weighted by molar-refractivity contribution is 6.31. The van der Waals surface area contributed by atoms with Crippen molar-refractivity contribution >= 4 is 39.9 Å². The average molecular weight is 462 g/mol. The van der Waals surface area contributed by atoms with Crippen LogP contribution in [0.3, 0.4) is 0 Å². The van der Waals surface area contributed by atoms with Crippen molar-refractivity contribution in [2.75, 3.05) is 5.32 Å². The van der Waals surface area contributed by atoms with Crippen LogP contribution in [-0.4, -0.2) is 17.8 Å². The fraction of sp³-hybridized carbons (Fsp3) is 0.115. The van der Waals surface area contributed by atoms with Gasteiger partial charge in [-0.05, 0) is 49.7 Å². The number of rotatable bonds is 6. The number of hydrogen-bond acceptors (Lipinski definition) is 5. The lowest BCUT2D eigenvalue weighted by Gasteiger charge is -2.17. The Morgan fingerprint density at radius 3 is 2.52 bits per heavy atom. The third-order valence-electron chi connectivity index (χ3n) is 5.12. The van der Waals surface area contributed by atoms with Crippen LogP contribution >= 0.6 is 11.6 Å². The zero-order chi connectivity index (χ0) is 23.5. The average Bonchev–Trinajstić information content (AvgIpc) is 2.80. The van der Waals surface area contributed by atoms with Gasteiger partial charge in [0.2, 0.25) is 0 Å². The maximum absolute atomic E-state index is 13.0. The number of aryl methyl sites for hydroxylation is 1. The summed E-state index contributed by atoms with van der Waals surface area (Å²) in [7, 11) is 0. The smallest absolute Gasteiger partial charge is 0.336 e. The number of carbonyl (C=O) groups is 2. The Kier molecular flexibility index (Phi) is 6.29. The highest BCUT2D eigenvalue weighted by Gasteiger charge is 2.20. The van der Waals surface area contributed by atoms with E-state index >= 15 is 0 Å². The monoisotopic (exact) mass is 461 g/mol. The van der Waals surface area contributed by atoms with Crippen molar-refractivity contribution < 1.29 is 18.7 Å². The molecule has 0 aliphatic heterocycles. The Labute approximate surface area is 194 Å². The summed E-state index contributed by atoms with van der Waals surface area (Å²) in [5.41, 5.74) is 1.79. The lowest BCUT2D eigenvalue weighted by atomic mass is 10.0. The maximum atomic E-state index is 13.0. The zero-order valence-corrected chi connectivity index (χ0v) is 18.7. The van der Waals surface area contributed by atoms with Gasteiger partial charge in [0, 0.05) is 33.7 Å². The first-order valence-corrected chi connectivity index (χ1v) is 10.6. The van der Waals surface area contributed by atoms with E-state index in [2.05, 4.69) is 5.32 Å². The summed E-state index contributed by atoms with van der Waals surface area (Å²) in [4.78, 5) is 37.4. The molecule has 1 amide bonds. The van der Waals surface area contributed by atoms with E-state index in [4.69, 9.17) is 20.8 Å². The van der Waals surface area contributed by atoms with E-state index in [1.807, 2.05) is 13.0 Å². The van der Waals surface area contributed by atoms with Crippen LogP contribution in [0, 0.1) is 6.92 Å². The van der Waals surface area contributed by atoms with Gasteiger partial charge in [0.15, 0.2) is 11.9 Å². The first-order chi connectivity index (χ1) is 15.8. The fourth-order valence-electron chi connectivity index (χ4n) is 3.43. The van der Waals surface area contributed by atoms with Crippen LogP contribution in [0.5, 0.6) is 5.75 Å². The van der Waals surface area contributed by atoms with Gasteiger partial charge in [0.05, 0.1) is 5.69 Å². The molecule has 0 aliphatic rings. The minimum atomic E-state index is -0.894. The van der Waals surface area contributed by atoms with Crippen LogP contribution in [0.2, 0.25) is 5.02 Å². The molecule has 0 saturated carbocycles. The summed E-state index contributed by atoms with van der Waals surface area (Å²) >= 11 is 6.10. The number of nitrogens with one attached hydrogen (secondary N) is 1. The van der Waals surface area contributed by atoms with E-state index in [1.165, 1.54) is 12.1 Å². The van der Waals surface area contributed by atoms with Gasteiger partial charge < -0.3 is 14.5 Å². The predicted octanol–water partition coefficient (Wildman–Crippen LogP) is 5.39. The van der Waals surface area contributed by atoms with Gasteiger partial charge in [-0.3, -0.25) is 9.59 Å². The molecule has 0 spiro atoms. The van der Waals surface area contributed by atoms with Gasteiger partial charge in [-0.25, -0.2) is 4.79 Å². The van der Waals surface area contributed by atoms with E-state index in [0.29, 0.717) is 27.6 Å². The summed E-state index contributed by atoms with van der Waals surface area (Å²) in [5, 5.41) is 3.91. The van der Waals surface area contributed by atoms with Gasteiger partial charge in [-0.1, -0.05) is 41.9 Å². The molecule has 166 valence electrons. The molecule has 6 nitrogen and oxygen atoms in total. The number of carbonyl (C=O) groups excluding carboxylic acids is 2. The van der Waals surface area contributed by atoms with Crippen molar-refractivity contribution in [3.05, 3.63) is 105 Å². The van der Waals surface area contributed by atoms with Crippen molar-refractivity contribution in [1.29, 1.82) is 0 Å². The molecule has 33 heavy (non-hydrogen) atoms. The molecular weight excluding hydrogens is 442 g/mol. The molecule has 0 radical (unpaired) electrons. The minimum Gasteiger partial charge on any atom is -0.481 e. The Bertz CT molecular complexity index is 1410. The van der Waals surface area contributed by atoms with Crippen LogP contribution in [0.1, 0.15) is 28.4 Å². The molecule has 0 fully saturated rings. The van der Waals surface area contributed by atoms with Crippen LogP contribution in [0.15, 0.2) is 82.0 Å². The highest BCUT2D eigenvalue weighted by atomic mass is 35.5. The first kappa shape index (κ1) is 22.3. The molecule has 0 unspecified atom stereocenters. The molecule has 0 aliphatic carbocycles. The molecule has 4 aromatic rings. The van der Waals surface area contributed by atoms with Crippen LogP contribution < -0.4 is 15.7 Å². The van der Waals surface area contributed by atoms with Crippen molar-refractivity contribution in [1.82, 2.24) is 0 Å². The molecule has 0 bridgehead atoms. The van der Waals surface area contributed by atoms with E-state index < -0.39 is 17.6 Å². The predicted molar refractivity (Wildman–Crippen MR) is 127 cm³/mol. The molecule has 1 N–H and O–H groups in total. The Morgan fingerprint density at radius 2 is 1.76 bits per heavy atom. The van der Waals surface area contributed by atoms with Crippen molar-refractivity contribution in [3.8, 4) is 5.75 Å². The number of amides is 1. The number of benzene rings is 3. The second-order valence-electron chi connectivity index (χ2n) is 7.54. The molecular formula is C26H20ClNO5. The normalized spacial score (nSPS) is 11.7. The lowest BCUT2D eigenvalue weighted by molar-refractivity contribution is -0.122. The van der Waals surface area contributed by atoms with Crippen molar-refractivity contribution in [2.45, 2.75) is 20.0 Å². The number of fused-ring (bicyclic) bond motifs is 1. The molecule has 1 aromatic heterocycles. The van der Waals surface area contributed by atoms with Crippen LogP contribution in [0.25, 0.3) is 11.0 Å². The maximum Gasteiger partial charge on any atom is 0.336 e. The van der Waals surface area contributed by atoms with Crippen LogP contribution in [0.4, 0.5) is 5.69 Å². The number of anilines is 1. The number of ketones is 1. The molecule has 4 rings (SSSR count).